The molecule has 3 aromatic rings. The maximum Gasteiger partial charge on any atom is 0.193 e. The number of rotatable bonds is 1. The summed E-state index contributed by atoms with van der Waals surface area (Å²) in [4.78, 5) is 13.1. The number of carbonyl (C=O) groups excluding carboxylic acids is 1. The lowest BCUT2D eigenvalue weighted by Crippen LogP contribution is -2.37. The van der Waals surface area contributed by atoms with Gasteiger partial charge in [-0.2, -0.15) is 0 Å². The molecule has 0 fully saturated rings. The molecule has 3 aromatic carbocycles. The number of hydrogen-bond donors (Lipinski definition) is 2. The SMILES string of the molecule is CC1(C2c3ccccc3C(=O)c3ccccc32)C=C(O)c2ccccc2C1O. The van der Waals surface area contributed by atoms with Crippen LogP contribution in [0.3, 0.4) is 0 Å². The van der Waals surface area contributed by atoms with Crippen LogP contribution in [0.15, 0.2) is 78.9 Å². The Labute approximate surface area is 163 Å². The number of carbonyl (C=O) groups is 1. The lowest BCUT2D eigenvalue weighted by molar-refractivity contribution is 0.0533. The molecule has 2 aliphatic carbocycles. The van der Waals surface area contributed by atoms with Gasteiger partial charge in [0.05, 0.1) is 6.10 Å². The first-order valence-electron chi connectivity index (χ1n) is 9.44. The van der Waals surface area contributed by atoms with Gasteiger partial charge in [0.1, 0.15) is 5.76 Å². The second kappa shape index (κ2) is 5.91. The molecule has 0 amide bonds. The molecule has 138 valence electrons. The van der Waals surface area contributed by atoms with Crippen LogP contribution in [0.4, 0.5) is 0 Å². The van der Waals surface area contributed by atoms with Gasteiger partial charge in [-0.3, -0.25) is 4.79 Å². The molecular weight excluding hydrogens is 348 g/mol. The quantitative estimate of drug-likeness (QED) is 0.634. The van der Waals surface area contributed by atoms with Gasteiger partial charge in [0, 0.05) is 28.0 Å². The summed E-state index contributed by atoms with van der Waals surface area (Å²) in [5, 5.41) is 22.2. The van der Waals surface area contributed by atoms with E-state index in [1.807, 2.05) is 79.7 Å². The van der Waals surface area contributed by atoms with E-state index in [9.17, 15) is 15.0 Å². The Bertz CT molecular complexity index is 1090. The van der Waals surface area contributed by atoms with Gasteiger partial charge in [0.25, 0.3) is 0 Å². The van der Waals surface area contributed by atoms with Gasteiger partial charge in [-0.15, -0.1) is 0 Å². The van der Waals surface area contributed by atoms with E-state index in [1.54, 1.807) is 6.08 Å². The van der Waals surface area contributed by atoms with E-state index in [2.05, 4.69) is 0 Å². The third-order valence-electron chi connectivity index (χ3n) is 6.22. The normalized spacial score (nSPS) is 23.4. The van der Waals surface area contributed by atoms with E-state index in [1.165, 1.54) is 0 Å². The molecule has 0 heterocycles. The maximum absolute atomic E-state index is 13.1. The molecule has 2 unspecified atom stereocenters. The zero-order valence-electron chi connectivity index (χ0n) is 15.5. The highest BCUT2D eigenvalue weighted by Gasteiger charge is 2.48. The van der Waals surface area contributed by atoms with E-state index in [0.717, 1.165) is 11.1 Å². The number of hydrogen-bond acceptors (Lipinski definition) is 3. The average Bonchev–Trinajstić information content (AvgIpc) is 2.72. The first-order valence-corrected chi connectivity index (χ1v) is 9.44. The first kappa shape index (κ1) is 17.0. The molecule has 2 aliphatic rings. The smallest absolute Gasteiger partial charge is 0.193 e. The van der Waals surface area contributed by atoms with Gasteiger partial charge in [-0.05, 0) is 22.8 Å². The highest BCUT2D eigenvalue weighted by atomic mass is 16.3. The van der Waals surface area contributed by atoms with Crippen molar-refractivity contribution in [1.82, 2.24) is 0 Å². The van der Waals surface area contributed by atoms with Crippen LogP contribution in [0, 0.1) is 5.41 Å². The second-order valence-corrected chi connectivity index (χ2v) is 7.82. The third-order valence-corrected chi connectivity index (χ3v) is 6.22. The van der Waals surface area contributed by atoms with Crippen LogP contribution in [0.1, 0.15) is 57.1 Å². The Balaban J connectivity index is 1.80. The molecule has 28 heavy (non-hydrogen) atoms. The van der Waals surface area contributed by atoms with Crippen molar-refractivity contribution in [3.8, 4) is 0 Å². The van der Waals surface area contributed by atoms with Crippen molar-refractivity contribution >= 4 is 11.5 Å². The zero-order chi connectivity index (χ0) is 19.5. The molecule has 0 radical (unpaired) electrons. The molecule has 0 aliphatic heterocycles. The molecule has 0 saturated heterocycles. The summed E-state index contributed by atoms with van der Waals surface area (Å²) in [7, 11) is 0. The number of benzene rings is 3. The Morgan fingerprint density at radius 3 is 1.79 bits per heavy atom. The molecular formula is C25H20O3. The van der Waals surface area contributed by atoms with Crippen LogP contribution in [-0.2, 0) is 0 Å². The summed E-state index contributed by atoms with van der Waals surface area (Å²) in [5.74, 6) is -0.0941. The average molecular weight is 368 g/mol. The number of fused-ring (bicyclic) bond motifs is 3. The fourth-order valence-corrected chi connectivity index (χ4v) is 4.89. The van der Waals surface area contributed by atoms with Crippen LogP contribution in [0.25, 0.3) is 5.76 Å². The van der Waals surface area contributed by atoms with Gasteiger partial charge in [0.15, 0.2) is 5.78 Å². The zero-order valence-corrected chi connectivity index (χ0v) is 15.5. The summed E-state index contributed by atoms with van der Waals surface area (Å²) in [5.41, 5.74) is 3.63. The fraction of sp³-hybridized carbons (Fsp3) is 0.160. The van der Waals surface area contributed by atoms with Crippen LogP contribution >= 0.6 is 0 Å². The van der Waals surface area contributed by atoms with Crippen LogP contribution in [0.2, 0.25) is 0 Å². The van der Waals surface area contributed by atoms with Crippen molar-refractivity contribution in [1.29, 1.82) is 0 Å². The van der Waals surface area contributed by atoms with E-state index >= 15 is 0 Å². The molecule has 0 spiro atoms. The van der Waals surface area contributed by atoms with Crippen molar-refractivity contribution < 1.29 is 15.0 Å². The third kappa shape index (κ3) is 2.17. The van der Waals surface area contributed by atoms with E-state index in [-0.39, 0.29) is 17.5 Å². The second-order valence-electron chi connectivity index (χ2n) is 7.82. The fourth-order valence-electron chi connectivity index (χ4n) is 4.89. The molecule has 5 rings (SSSR count). The van der Waals surface area contributed by atoms with Crippen molar-refractivity contribution in [3.63, 3.8) is 0 Å². The molecule has 0 bridgehead atoms. The monoisotopic (exact) mass is 368 g/mol. The molecule has 0 saturated carbocycles. The minimum atomic E-state index is -0.820. The van der Waals surface area contributed by atoms with Crippen molar-refractivity contribution in [2.24, 2.45) is 5.41 Å². The lowest BCUT2D eigenvalue weighted by Gasteiger charge is -2.45. The Morgan fingerprint density at radius 2 is 1.21 bits per heavy atom. The van der Waals surface area contributed by atoms with Crippen LogP contribution in [-0.4, -0.2) is 16.0 Å². The van der Waals surface area contributed by atoms with E-state index in [4.69, 9.17) is 0 Å². The first-order chi connectivity index (χ1) is 13.5. The number of ketones is 1. The number of aliphatic hydroxyl groups excluding tert-OH is 2. The molecule has 2 N–H and O–H groups in total. The van der Waals surface area contributed by atoms with Crippen molar-refractivity contribution in [3.05, 3.63) is 112 Å². The predicted octanol–water partition coefficient (Wildman–Crippen LogP) is 5.02. The molecule has 0 aromatic heterocycles. The summed E-state index contributed by atoms with van der Waals surface area (Å²) < 4.78 is 0. The maximum atomic E-state index is 13.1. The minimum Gasteiger partial charge on any atom is -0.508 e. The van der Waals surface area contributed by atoms with Crippen molar-refractivity contribution in [2.45, 2.75) is 18.9 Å². The minimum absolute atomic E-state index is 0.00458. The highest BCUT2D eigenvalue weighted by molar-refractivity contribution is 6.12. The van der Waals surface area contributed by atoms with Crippen LogP contribution in [0.5, 0.6) is 0 Å². The summed E-state index contributed by atoms with van der Waals surface area (Å²) in [6.07, 6.45) is 0.938. The standard InChI is InChI=1S/C25H20O3/c1-25(14-21(26)15-8-2-7-13-20(15)24(25)28)22-16-9-3-5-11-18(16)23(27)19-12-6-4-10-17(19)22/h2-14,22,24,26,28H,1H3. The van der Waals surface area contributed by atoms with Gasteiger partial charge in [-0.25, -0.2) is 0 Å². The number of aliphatic hydroxyl groups is 2. The Hall–Kier alpha value is -3.17. The highest BCUT2D eigenvalue weighted by Crippen LogP contribution is 2.56. The summed E-state index contributed by atoms with van der Waals surface area (Å²) in [6.45, 7) is 1.96. The van der Waals surface area contributed by atoms with Gasteiger partial charge >= 0.3 is 0 Å². The molecule has 3 heteroatoms. The van der Waals surface area contributed by atoms with Gasteiger partial charge in [0.2, 0.25) is 0 Å². The van der Waals surface area contributed by atoms with Crippen LogP contribution < -0.4 is 0 Å². The Kier molecular flexibility index (Phi) is 3.58. The lowest BCUT2D eigenvalue weighted by atomic mass is 9.59. The van der Waals surface area contributed by atoms with Gasteiger partial charge in [-0.1, -0.05) is 79.7 Å². The largest absolute Gasteiger partial charge is 0.508 e. The van der Waals surface area contributed by atoms with E-state index < -0.39 is 11.5 Å². The Morgan fingerprint density at radius 1 is 0.750 bits per heavy atom. The molecule has 3 nitrogen and oxygen atoms in total. The van der Waals surface area contributed by atoms with Gasteiger partial charge < -0.3 is 10.2 Å². The van der Waals surface area contributed by atoms with Crippen molar-refractivity contribution in [2.75, 3.05) is 0 Å². The predicted molar refractivity (Wildman–Crippen MR) is 108 cm³/mol. The topological polar surface area (TPSA) is 57.5 Å². The molecule has 2 atom stereocenters. The summed E-state index contributed by atoms with van der Waals surface area (Å²) >= 11 is 0. The van der Waals surface area contributed by atoms with E-state index in [0.29, 0.717) is 22.3 Å². The summed E-state index contributed by atoms with van der Waals surface area (Å²) in [6, 6.07) is 22.6.